The standard InChI is InChI=1S/C21H25ClN4O3S/c1-25(2)14-23-30(28,29)20-12-17(10-16-13-26(3)9-8-18(16)20)24-21(27)11-15-6-4-5-7-19(15)22/h4-7,10,12,14H,8-9,11,13H2,1-3H3,(H,24,27). The van der Waals surface area contributed by atoms with Gasteiger partial charge in [0.1, 0.15) is 6.34 Å². The summed E-state index contributed by atoms with van der Waals surface area (Å²) in [4.78, 5) is 16.4. The molecule has 0 aromatic heterocycles. The number of halogens is 1. The number of likely N-dealkylation sites (N-methyl/N-ethyl adjacent to an activating group) is 1. The van der Waals surface area contributed by atoms with E-state index in [0.717, 1.165) is 17.7 Å². The molecule has 30 heavy (non-hydrogen) atoms. The minimum Gasteiger partial charge on any atom is -0.368 e. The van der Waals surface area contributed by atoms with Gasteiger partial charge in [-0.1, -0.05) is 29.8 Å². The number of anilines is 1. The van der Waals surface area contributed by atoms with E-state index in [1.807, 2.05) is 19.2 Å². The number of fused-ring (bicyclic) bond motifs is 1. The van der Waals surface area contributed by atoms with Crippen LogP contribution in [0.4, 0.5) is 5.69 Å². The molecule has 9 heteroatoms. The van der Waals surface area contributed by atoms with Gasteiger partial charge in [-0.3, -0.25) is 4.79 Å². The third-order valence-corrected chi connectivity index (χ3v) is 6.43. The van der Waals surface area contributed by atoms with Crippen molar-refractivity contribution in [1.29, 1.82) is 0 Å². The molecule has 1 aliphatic heterocycles. The molecule has 1 amide bonds. The largest absolute Gasteiger partial charge is 0.368 e. The fourth-order valence-corrected chi connectivity index (χ4v) is 4.79. The van der Waals surface area contributed by atoms with Crippen molar-refractivity contribution in [3.8, 4) is 0 Å². The molecule has 1 aliphatic rings. The van der Waals surface area contributed by atoms with Crippen LogP contribution in [0.15, 0.2) is 45.7 Å². The Morgan fingerprint density at radius 3 is 2.73 bits per heavy atom. The van der Waals surface area contributed by atoms with Crippen LogP contribution in [-0.4, -0.2) is 58.2 Å². The number of rotatable bonds is 6. The molecule has 0 spiro atoms. The summed E-state index contributed by atoms with van der Waals surface area (Å²) in [5, 5.41) is 3.33. The summed E-state index contributed by atoms with van der Waals surface area (Å²) >= 11 is 6.14. The van der Waals surface area contributed by atoms with Gasteiger partial charge in [0.05, 0.1) is 11.3 Å². The zero-order valence-electron chi connectivity index (χ0n) is 17.2. The second kappa shape index (κ2) is 9.16. The lowest BCUT2D eigenvalue weighted by Gasteiger charge is -2.27. The Morgan fingerprint density at radius 1 is 1.30 bits per heavy atom. The number of nitrogens with zero attached hydrogens (tertiary/aromatic N) is 3. The van der Waals surface area contributed by atoms with Gasteiger partial charge in [-0.25, -0.2) is 0 Å². The maximum atomic E-state index is 12.9. The summed E-state index contributed by atoms with van der Waals surface area (Å²) in [7, 11) is 1.48. The number of carbonyl (C=O) groups is 1. The fraction of sp³-hybridized carbons (Fsp3) is 0.333. The van der Waals surface area contributed by atoms with Gasteiger partial charge < -0.3 is 15.1 Å². The minimum atomic E-state index is -3.90. The van der Waals surface area contributed by atoms with Crippen LogP contribution in [0.2, 0.25) is 5.02 Å². The third kappa shape index (κ3) is 5.38. The first-order chi connectivity index (χ1) is 14.2. The first-order valence-corrected chi connectivity index (χ1v) is 11.3. The molecule has 0 fully saturated rings. The number of carbonyl (C=O) groups excluding carboxylic acids is 1. The maximum Gasteiger partial charge on any atom is 0.284 e. The van der Waals surface area contributed by atoms with E-state index < -0.39 is 10.0 Å². The van der Waals surface area contributed by atoms with Crippen LogP contribution >= 0.6 is 11.6 Å². The van der Waals surface area contributed by atoms with Crippen LogP contribution in [0.25, 0.3) is 0 Å². The summed E-state index contributed by atoms with van der Waals surface area (Å²) in [5.74, 6) is -0.271. The molecule has 2 aromatic rings. The highest BCUT2D eigenvalue weighted by Gasteiger charge is 2.25. The topological polar surface area (TPSA) is 82.1 Å². The second-order valence-corrected chi connectivity index (χ2v) is 9.58. The Balaban J connectivity index is 1.94. The van der Waals surface area contributed by atoms with E-state index in [-0.39, 0.29) is 17.2 Å². The lowest BCUT2D eigenvalue weighted by Crippen LogP contribution is -2.28. The molecule has 0 saturated carbocycles. The summed E-state index contributed by atoms with van der Waals surface area (Å²) < 4.78 is 29.6. The van der Waals surface area contributed by atoms with Crippen molar-refractivity contribution in [2.45, 2.75) is 24.3 Å². The average molecular weight is 449 g/mol. The predicted octanol–water partition coefficient (Wildman–Crippen LogP) is 2.79. The number of amides is 1. The van der Waals surface area contributed by atoms with Crippen molar-refractivity contribution in [1.82, 2.24) is 9.80 Å². The van der Waals surface area contributed by atoms with Crippen molar-refractivity contribution >= 4 is 39.6 Å². The van der Waals surface area contributed by atoms with Crippen molar-refractivity contribution in [3.63, 3.8) is 0 Å². The molecule has 0 aliphatic carbocycles. The van der Waals surface area contributed by atoms with Gasteiger partial charge >= 0.3 is 0 Å². The van der Waals surface area contributed by atoms with E-state index in [9.17, 15) is 13.2 Å². The number of sulfonamides is 1. The Bertz CT molecular complexity index is 1080. The quantitative estimate of drug-likeness (QED) is 0.542. The highest BCUT2D eigenvalue weighted by Crippen LogP contribution is 2.30. The first kappa shape index (κ1) is 22.3. The predicted molar refractivity (Wildman–Crippen MR) is 120 cm³/mol. The van der Waals surface area contributed by atoms with E-state index in [1.54, 1.807) is 37.2 Å². The average Bonchev–Trinajstić information content (AvgIpc) is 2.67. The van der Waals surface area contributed by atoms with E-state index in [4.69, 9.17) is 11.6 Å². The van der Waals surface area contributed by atoms with E-state index in [1.165, 1.54) is 12.4 Å². The zero-order valence-corrected chi connectivity index (χ0v) is 18.8. The molecule has 0 bridgehead atoms. The zero-order chi connectivity index (χ0) is 21.9. The Morgan fingerprint density at radius 2 is 2.03 bits per heavy atom. The van der Waals surface area contributed by atoms with Crippen LogP contribution in [-0.2, 0) is 34.2 Å². The van der Waals surface area contributed by atoms with Crippen LogP contribution in [0.3, 0.4) is 0 Å². The Labute approximate surface area is 182 Å². The first-order valence-electron chi connectivity index (χ1n) is 9.50. The van der Waals surface area contributed by atoms with Gasteiger partial charge in [0.15, 0.2) is 0 Å². The molecular formula is C21H25ClN4O3S. The van der Waals surface area contributed by atoms with Crippen LogP contribution < -0.4 is 5.32 Å². The molecule has 0 radical (unpaired) electrons. The van der Waals surface area contributed by atoms with E-state index in [0.29, 0.717) is 29.2 Å². The summed E-state index contributed by atoms with van der Waals surface area (Å²) in [6.07, 6.45) is 1.96. The SMILES string of the molecule is CN(C)C=NS(=O)(=O)c1cc(NC(=O)Cc2ccccc2Cl)cc2c1CCN(C)C2. The molecule has 7 nitrogen and oxygen atoms in total. The van der Waals surface area contributed by atoms with Crippen LogP contribution in [0.1, 0.15) is 16.7 Å². The Kier molecular flexibility index (Phi) is 6.80. The summed E-state index contributed by atoms with van der Waals surface area (Å²) in [6.45, 7) is 1.36. The lowest BCUT2D eigenvalue weighted by molar-refractivity contribution is -0.115. The van der Waals surface area contributed by atoms with Crippen LogP contribution in [0, 0.1) is 0 Å². The van der Waals surface area contributed by atoms with E-state index in [2.05, 4.69) is 14.6 Å². The Hall–Kier alpha value is -2.42. The van der Waals surface area contributed by atoms with Crippen molar-refractivity contribution in [3.05, 3.63) is 58.1 Å². The van der Waals surface area contributed by atoms with Crippen LogP contribution in [0.5, 0.6) is 0 Å². The molecule has 2 aromatic carbocycles. The maximum absolute atomic E-state index is 12.9. The van der Waals surface area contributed by atoms with Gasteiger partial charge in [0, 0.05) is 37.9 Å². The van der Waals surface area contributed by atoms with Gasteiger partial charge in [0.25, 0.3) is 10.0 Å². The lowest BCUT2D eigenvalue weighted by atomic mass is 9.99. The van der Waals surface area contributed by atoms with Crippen molar-refractivity contribution in [2.24, 2.45) is 4.40 Å². The van der Waals surface area contributed by atoms with Gasteiger partial charge in [-0.05, 0) is 48.4 Å². The molecule has 0 atom stereocenters. The second-order valence-electron chi connectivity index (χ2n) is 7.58. The highest BCUT2D eigenvalue weighted by molar-refractivity contribution is 7.90. The van der Waals surface area contributed by atoms with Gasteiger partial charge in [-0.15, -0.1) is 4.40 Å². The minimum absolute atomic E-state index is 0.0948. The molecule has 1 heterocycles. The number of hydrogen-bond donors (Lipinski definition) is 1. The molecule has 3 rings (SSSR count). The third-order valence-electron chi connectivity index (χ3n) is 4.77. The number of nitrogens with one attached hydrogen (secondary N) is 1. The summed E-state index contributed by atoms with van der Waals surface area (Å²) in [5.41, 5.74) is 2.77. The van der Waals surface area contributed by atoms with Gasteiger partial charge in [-0.2, -0.15) is 8.42 Å². The normalized spacial score (nSPS) is 14.5. The monoisotopic (exact) mass is 448 g/mol. The smallest absolute Gasteiger partial charge is 0.284 e. The number of hydrogen-bond acceptors (Lipinski definition) is 4. The molecule has 1 N–H and O–H groups in total. The highest BCUT2D eigenvalue weighted by atomic mass is 35.5. The van der Waals surface area contributed by atoms with E-state index >= 15 is 0 Å². The molecule has 0 unspecified atom stereocenters. The summed E-state index contributed by atoms with van der Waals surface area (Å²) in [6, 6.07) is 10.5. The van der Waals surface area contributed by atoms with Gasteiger partial charge in [0.2, 0.25) is 5.91 Å². The number of benzene rings is 2. The van der Waals surface area contributed by atoms with Crippen molar-refractivity contribution in [2.75, 3.05) is 33.0 Å². The fourth-order valence-electron chi connectivity index (χ4n) is 3.34. The molecule has 160 valence electrons. The molecule has 0 saturated heterocycles. The van der Waals surface area contributed by atoms with Crippen molar-refractivity contribution < 1.29 is 13.2 Å². The molecular weight excluding hydrogens is 424 g/mol.